The molecule has 1 aromatic carbocycles. The summed E-state index contributed by atoms with van der Waals surface area (Å²) >= 11 is 0. The number of hydrogen-bond acceptors (Lipinski definition) is 3. The van der Waals surface area contributed by atoms with Gasteiger partial charge in [0.2, 0.25) is 0 Å². The Balaban J connectivity index is 2.19. The van der Waals surface area contributed by atoms with Crippen molar-refractivity contribution in [1.82, 2.24) is 5.32 Å². The third kappa shape index (κ3) is 6.37. The lowest BCUT2D eigenvalue weighted by Gasteiger charge is -1.99. The van der Waals surface area contributed by atoms with Gasteiger partial charge >= 0.3 is 0 Å². The summed E-state index contributed by atoms with van der Waals surface area (Å²) in [7, 11) is -2.85. The lowest BCUT2D eigenvalue weighted by atomic mass is 10.2. The number of benzene rings is 1. The van der Waals surface area contributed by atoms with E-state index in [1.165, 1.54) is 6.26 Å². The Labute approximate surface area is 97.1 Å². The van der Waals surface area contributed by atoms with Gasteiger partial charge in [0.25, 0.3) is 0 Å². The van der Waals surface area contributed by atoms with Crippen LogP contribution in [0.3, 0.4) is 0 Å². The molecular formula is C12H17NO2S. The smallest absolute Gasteiger partial charge is 0.148 e. The summed E-state index contributed by atoms with van der Waals surface area (Å²) < 4.78 is 21.7. The second-order valence-electron chi connectivity index (χ2n) is 3.65. The van der Waals surface area contributed by atoms with Crippen molar-refractivity contribution in [2.45, 2.75) is 0 Å². The van der Waals surface area contributed by atoms with Crippen LogP contribution in [0.4, 0.5) is 0 Å². The van der Waals surface area contributed by atoms with Gasteiger partial charge in [-0.05, 0) is 5.56 Å². The zero-order chi connectivity index (χ0) is 11.9. The molecule has 0 amide bonds. The molecule has 16 heavy (non-hydrogen) atoms. The Morgan fingerprint density at radius 2 is 1.94 bits per heavy atom. The van der Waals surface area contributed by atoms with Crippen LogP contribution in [0.1, 0.15) is 5.56 Å². The van der Waals surface area contributed by atoms with Gasteiger partial charge in [0.15, 0.2) is 0 Å². The van der Waals surface area contributed by atoms with Crippen LogP contribution in [0.15, 0.2) is 36.4 Å². The monoisotopic (exact) mass is 239 g/mol. The van der Waals surface area contributed by atoms with Crippen LogP contribution >= 0.6 is 0 Å². The van der Waals surface area contributed by atoms with E-state index in [0.717, 1.165) is 5.56 Å². The summed E-state index contributed by atoms with van der Waals surface area (Å²) in [5.41, 5.74) is 1.15. The molecule has 0 saturated heterocycles. The molecule has 0 atom stereocenters. The lowest BCUT2D eigenvalue weighted by molar-refractivity contribution is 0.598. The van der Waals surface area contributed by atoms with Crippen molar-refractivity contribution in [3.05, 3.63) is 42.0 Å². The van der Waals surface area contributed by atoms with Crippen molar-refractivity contribution in [3.8, 4) is 0 Å². The number of rotatable bonds is 6. The minimum absolute atomic E-state index is 0.187. The molecule has 0 aromatic heterocycles. The standard InChI is InChI=1S/C12H17NO2S/c1-16(14,15)11-10-13-9-5-8-12-6-3-2-4-7-12/h2-8,13H,9-11H2,1H3. The molecule has 1 rings (SSSR count). The second-order valence-corrected chi connectivity index (χ2v) is 5.91. The predicted octanol–water partition coefficient (Wildman–Crippen LogP) is 1.33. The van der Waals surface area contributed by atoms with Gasteiger partial charge in [-0.2, -0.15) is 0 Å². The minimum atomic E-state index is -2.85. The van der Waals surface area contributed by atoms with Gasteiger partial charge in [-0.25, -0.2) is 8.42 Å². The number of nitrogens with one attached hydrogen (secondary N) is 1. The van der Waals surface area contributed by atoms with Crippen LogP contribution in [0.25, 0.3) is 6.08 Å². The summed E-state index contributed by atoms with van der Waals surface area (Å²) in [6.07, 6.45) is 5.24. The summed E-state index contributed by atoms with van der Waals surface area (Å²) in [6, 6.07) is 9.98. The maximum absolute atomic E-state index is 10.8. The average Bonchev–Trinajstić information content (AvgIpc) is 2.23. The molecule has 0 heterocycles. The van der Waals surface area contributed by atoms with E-state index < -0.39 is 9.84 Å². The Morgan fingerprint density at radius 3 is 2.56 bits per heavy atom. The zero-order valence-corrected chi connectivity index (χ0v) is 10.2. The normalized spacial score (nSPS) is 12.1. The summed E-state index contributed by atoms with van der Waals surface area (Å²) in [6.45, 7) is 1.18. The van der Waals surface area contributed by atoms with E-state index in [-0.39, 0.29) is 5.75 Å². The van der Waals surface area contributed by atoms with Crippen LogP contribution in [-0.2, 0) is 9.84 Å². The third-order valence-electron chi connectivity index (χ3n) is 2.02. The molecule has 0 radical (unpaired) electrons. The first kappa shape index (κ1) is 12.9. The maximum atomic E-state index is 10.8. The van der Waals surface area contributed by atoms with E-state index in [1.807, 2.05) is 42.5 Å². The van der Waals surface area contributed by atoms with Crippen LogP contribution in [-0.4, -0.2) is 33.5 Å². The van der Waals surface area contributed by atoms with Gasteiger partial charge in [-0.15, -0.1) is 0 Å². The van der Waals surface area contributed by atoms with E-state index in [0.29, 0.717) is 13.1 Å². The summed E-state index contributed by atoms with van der Waals surface area (Å²) in [4.78, 5) is 0. The third-order valence-corrected chi connectivity index (χ3v) is 2.97. The fourth-order valence-electron chi connectivity index (χ4n) is 1.20. The molecule has 0 aliphatic rings. The van der Waals surface area contributed by atoms with E-state index in [1.54, 1.807) is 0 Å². The first-order valence-electron chi connectivity index (χ1n) is 5.18. The Hall–Kier alpha value is -1.13. The van der Waals surface area contributed by atoms with Gasteiger partial charge in [0.1, 0.15) is 9.84 Å². The molecule has 1 N–H and O–H groups in total. The summed E-state index contributed by atoms with van der Waals surface area (Å²) in [5, 5.41) is 3.05. The first-order valence-corrected chi connectivity index (χ1v) is 7.24. The molecule has 0 fully saturated rings. The first-order chi connectivity index (χ1) is 7.58. The van der Waals surface area contributed by atoms with Crippen molar-refractivity contribution < 1.29 is 8.42 Å². The molecule has 0 unspecified atom stereocenters. The highest BCUT2D eigenvalue weighted by atomic mass is 32.2. The Bertz CT molecular complexity index is 424. The van der Waals surface area contributed by atoms with Crippen LogP contribution in [0.5, 0.6) is 0 Å². The molecule has 0 aliphatic heterocycles. The maximum Gasteiger partial charge on any atom is 0.148 e. The highest BCUT2D eigenvalue weighted by Crippen LogP contribution is 1.99. The highest BCUT2D eigenvalue weighted by molar-refractivity contribution is 7.90. The fraction of sp³-hybridized carbons (Fsp3) is 0.333. The van der Waals surface area contributed by atoms with E-state index in [2.05, 4.69) is 5.32 Å². The van der Waals surface area contributed by atoms with E-state index in [9.17, 15) is 8.42 Å². The molecule has 3 nitrogen and oxygen atoms in total. The Kier molecular flexibility index (Phi) is 5.22. The highest BCUT2D eigenvalue weighted by Gasteiger charge is 1.98. The Morgan fingerprint density at radius 1 is 1.25 bits per heavy atom. The number of hydrogen-bond donors (Lipinski definition) is 1. The largest absolute Gasteiger partial charge is 0.312 e. The molecule has 0 aliphatic carbocycles. The molecule has 4 heteroatoms. The van der Waals surface area contributed by atoms with Crippen LogP contribution in [0, 0.1) is 0 Å². The topological polar surface area (TPSA) is 46.2 Å². The molecule has 0 spiro atoms. The molecular weight excluding hydrogens is 222 g/mol. The van der Waals surface area contributed by atoms with Crippen molar-refractivity contribution in [3.63, 3.8) is 0 Å². The minimum Gasteiger partial charge on any atom is -0.312 e. The van der Waals surface area contributed by atoms with Crippen LogP contribution < -0.4 is 5.32 Å². The van der Waals surface area contributed by atoms with E-state index in [4.69, 9.17) is 0 Å². The predicted molar refractivity (Wildman–Crippen MR) is 68.1 cm³/mol. The van der Waals surface area contributed by atoms with Gasteiger partial charge < -0.3 is 5.32 Å². The molecule has 0 saturated carbocycles. The van der Waals surface area contributed by atoms with Crippen LogP contribution in [0.2, 0.25) is 0 Å². The van der Waals surface area contributed by atoms with Gasteiger partial charge in [0.05, 0.1) is 5.75 Å². The lowest BCUT2D eigenvalue weighted by Crippen LogP contribution is -2.22. The SMILES string of the molecule is CS(=O)(=O)CCNCC=Cc1ccccc1. The van der Waals surface area contributed by atoms with Crippen molar-refractivity contribution in [1.29, 1.82) is 0 Å². The van der Waals surface area contributed by atoms with Gasteiger partial charge in [0, 0.05) is 19.3 Å². The fourth-order valence-corrected chi connectivity index (χ4v) is 1.72. The van der Waals surface area contributed by atoms with Crippen molar-refractivity contribution in [2.24, 2.45) is 0 Å². The quantitative estimate of drug-likeness (QED) is 0.762. The van der Waals surface area contributed by atoms with Gasteiger partial charge in [-0.1, -0.05) is 42.5 Å². The van der Waals surface area contributed by atoms with E-state index >= 15 is 0 Å². The second kappa shape index (κ2) is 6.45. The molecule has 1 aromatic rings. The zero-order valence-electron chi connectivity index (χ0n) is 9.39. The summed E-state index contributed by atoms with van der Waals surface area (Å²) in [5.74, 6) is 0.187. The number of sulfone groups is 1. The average molecular weight is 239 g/mol. The van der Waals surface area contributed by atoms with Crippen molar-refractivity contribution in [2.75, 3.05) is 25.1 Å². The molecule has 88 valence electrons. The van der Waals surface area contributed by atoms with Crippen molar-refractivity contribution >= 4 is 15.9 Å². The molecule has 0 bridgehead atoms. The van der Waals surface area contributed by atoms with Gasteiger partial charge in [-0.3, -0.25) is 0 Å².